The second-order valence-electron chi connectivity index (χ2n) is 6.29. The molecule has 4 nitrogen and oxygen atoms in total. The van der Waals surface area contributed by atoms with Gasteiger partial charge in [-0.3, -0.25) is 4.79 Å². The zero-order chi connectivity index (χ0) is 15.9. The van der Waals surface area contributed by atoms with E-state index in [4.69, 9.17) is 4.84 Å². The van der Waals surface area contributed by atoms with Crippen molar-refractivity contribution in [3.63, 3.8) is 0 Å². The van der Waals surface area contributed by atoms with Crippen LogP contribution in [0.3, 0.4) is 0 Å². The van der Waals surface area contributed by atoms with Crippen LogP contribution in [0.4, 0.5) is 0 Å². The van der Waals surface area contributed by atoms with E-state index in [2.05, 4.69) is 0 Å². The number of fused-ring (bicyclic) bond motifs is 3. The molecule has 22 heavy (non-hydrogen) atoms. The first-order valence-electron chi connectivity index (χ1n) is 7.15. The van der Waals surface area contributed by atoms with Crippen molar-refractivity contribution in [2.45, 2.75) is 20.8 Å². The van der Waals surface area contributed by atoms with Crippen LogP contribution in [-0.4, -0.2) is 10.7 Å². The summed E-state index contributed by atoms with van der Waals surface area (Å²) in [6.07, 6.45) is 0. The number of rotatable bonds is 1. The summed E-state index contributed by atoms with van der Waals surface area (Å²) in [6, 6.07) is 14.7. The summed E-state index contributed by atoms with van der Waals surface area (Å²) in [5.74, 6) is -0.449. The standard InChI is InChI=1S/C18H17NO3/c1-18(2,3)17(21)22-19-15-11-7-6-9-13(15)12-8-4-5-10-14(12)16(19)20/h4-11H,1-3H3. The van der Waals surface area contributed by atoms with Crippen LogP contribution < -0.4 is 10.4 Å². The number of para-hydroxylation sites is 1. The van der Waals surface area contributed by atoms with Gasteiger partial charge in [-0.25, -0.2) is 4.79 Å². The fourth-order valence-corrected chi connectivity index (χ4v) is 2.31. The maximum atomic E-state index is 12.7. The zero-order valence-corrected chi connectivity index (χ0v) is 12.8. The third kappa shape index (κ3) is 2.26. The third-order valence-electron chi connectivity index (χ3n) is 3.54. The Hall–Kier alpha value is -2.62. The quantitative estimate of drug-likeness (QED) is 0.648. The maximum Gasteiger partial charge on any atom is 0.338 e. The van der Waals surface area contributed by atoms with Gasteiger partial charge in [0.1, 0.15) is 0 Å². The van der Waals surface area contributed by atoms with E-state index in [0.29, 0.717) is 10.9 Å². The molecule has 2 aromatic carbocycles. The van der Waals surface area contributed by atoms with Gasteiger partial charge in [0, 0.05) is 5.39 Å². The molecule has 0 bridgehead atoms. The molecule has 0 aliphatic carbocycles. The molecule has 0 unspecified atom stereocenters. The number of benzene rings is 2. The Morgan fingerprint density at radius 2 is 1.45 bits per heavy atom. The summed E-state index contributed by atoms with van der Waals surface area (Å²) in [7, 11) is 0. The molecular weight excluding hydrogens is 278 g/mol. The Morgan fingerprint density at radius 1 is 0.909 bits per heavy atom. The Bertz CT molecular complexity index is 932. The van der Waals surface area contributed by atoms with Crippen LogP contribution in [0.1, 0.15) is 20.8 Å². The van der Waals surface area contributed by atoms with E-state index in [1.165, 1.54) is 0 Å². The van der Waals surface area contributed by atoms with Crippen LogP contribution in [-0.2, 0) is 4.79 Å². The van der Waals surface area contributed by atoms with Gasteiger partial charge in [0.15, 0.2) is 0 Å². The molecule has 0 amide bonds. The number of carbonyl (C=O) groups is 1. The van der Waals surface area contributed by atoms with Crippen LogP contribution >= 0.6 is 0 Å². The van der Waals surface area contributed by atoms with Gasteiger partial charge in [0.05, 0.1) is 16.3 Å². The fraction of sp³-hybridized carbons (Fsp3) is 0.222. The van der Waals surface area contributed by atoms with Gasteiger partial charge in [-0.05, 0) is 38.3 Å². The zero-order valence-electron chi connectivity index (χ0n) is 12.8. The summed E-state index contributed by atoms with van der Waals surface area (Å²) in [5.41, 5.74) is -0.428. The van der Waals surface area contributed by atoms with Gasteiger partial charge in [0.2, 0.25) is 0 Å². The Morgan fingerprint density at radius 3 is 2.09 bits per heavy atom. The number of carbonyl (C=O) groups excluding carboxylic acids is 1. The summed E-state index contributed by atoms with van der Waals surface area (Å²) in [4.78, 5) is 30.3. The highest BCUT2D eigenvalue weighted by atomic mass is 16.7. The topological polar surface area (TPSA) is 48.3 Å². The molecule has 4 heteroatoms. The molecule has 112 valence electrons. The lowest BCUT2D eigenvalue weighted by Gasteiger charge is -2.18. The maximum absolute atomic E-state index is 12.7. The predicted molar refractivity (Wildman–Crippen MR) is 86.8 cm³/mol. The van der Waals surface area contributed by atoms with Crippen LogP contribution in [0.25, 0.3) is 21.7 Å². The van der Waals surface area contributed by atoms with Gasteiger partial charge in [-0.15, -0.1) is 4.73 Å². The first-order valence-corrected chi connectivity index (χ1v) is 7.15. The largest absolute Gasteiger partial charge is 0.338 e. The molecular formula is C18H17NO3. The molecule has 0 saturated heterocycles. The van der Waals surface area contributed by atoms with Crippen LogP contribution in [0.15, 0.2) is 53.3 Å². The summed E-state index contributed by atoms with van der Waals surface area (Å²) in [6.45, 7) is 5.26. The molecule has 3 aromatic rings. The van der Waals surface area contributed by atoms with E-state index in [0.717, 1.165) is 15.5 Å². The average Bonchev–Trinajstić information content (AvgIpc) is 2.50. The Labute approximate surface area is 127 Å². The van der Waals surface area contributed by atoms with Crippen molar-refractivity contribution in [2.24, 2.45) is 5.41 Å². The smallest absolute Gasteiger partial charge is 0.332 e. The second kappa shape index (κ2) is 4.98. The molecule has 0 aliphatic rings. The summed E-state index contributed by atoms with van der Waals surface area (Å²) >= 11 is 0. The normalized spacial score (nSPS) is 11.8. The van der Waals surface area contributed by atoms with Crippen molar-refractivity contribution in [1.82, 2.24) is 4.73 Å². The van der Waals surface area contributed by atoms with E-state index in [1.807, 2.05) is 30.3 Å². The molecule has 0 spiro atoms. The highest BCUT2D eigenvalue weighted by Gasteiger charge is 2.25. The summed E-state index contributed by atoms with van der Waals surface area (Å²) < 4.78 is 1.10. The van der Waals surface area contributed by atoms with Crippen molar-refractivity contribution in [3.8, 4) is 0 Å². The number of hydrogen-bond acceptors (Lipinski definition) is 3. The van der Waals surface area contributed by atoms with E-state index >= 15 is 0 Å². The lowest BCUT2D eigenvalue weighted by atomic mass is 9.98. The van der Waals surface area contributed by atoms with Crippen molar-refractivity contribution in [1.29, 1.82) is 0 Å². The molecule has 0 aliphatic heterocycles. The van der Waals surface area contributed by atoms with E-state index < -0.39 is 11.4 Å². The number of aromatic nitrogens is 1. The monoisotopic (exact) mass is 295 g/mol. The van der Waals surface area contributed by atoms with Crippen molar-refractivity contribution >= 4 is 27.6 Å². The number of hydrogen-bond donors (Lipinski definition) is 0. The van der Waals surface area contributed by atoms with Crippen LogP contribution in [0.2, 0.25) is 0 Å². The molecule has 0 N–H and O–H groups in total. The highest BCUT2D eigenvalue weighted by molar-refractivity contribution is 6.05. The minimum atomic E-state index is -0.688. The van der Waals surface area contributed by atoms with E-state index in [1.54, 1.807) is 39.0 Å². The van der Waals surface area contributed by atoms with Crippen molar-refractivity contribution in [2.75, 3.05) is 0 Å². The fourth-order valence-electron chi connectivity index (χ4n) is 2.31. The highest BCUT2D eigenvalue weighted by Crippen LogP contribution is 2.22. The van der Waals surface area contributed by atoms with Gasteiger partial charge in [0.25, 0.3) is 5.56 Å². The molecule has 3 rings (SSSR count). The minimum Gasteiger partial charge on any atom is -0.332 e. The van der Waals surface area contributed by atoms with Crippen LogP contribution in [0.5, 0.6) is 0 Å². The van der Waals surface area contributed by atoms with Crippen molar-refractivity contribution < 1.29 is 9.63 Å². The lowest BCUT2D eigenvalue weighted by molar-refractivity contribution is -0.153. The van der Waals surface area contributed by atoms with Gasteiger partial charge in [-0.2, -0.15) is 0 Å². The average molecular weight is 295 g/mol. The molecule has 1 heterocycles. The first kappa shape index (κ1) is 14.3. The van der Waals surface area contributed by atoms with Gasteiger partial charge < -0.3 is 4.84 Å². The molecule has 0 radical (unpaired) electrons. The third-order valence-corrected chi connectivity index (χ3v) is 3.54. The number of pyridine rings is 1. The SMILES string of the molecule is CC(C)(C)C(=O)On1c(=O)c2ccccc2c2ccccc21. The van der Waals surface area contributed by atoms with Crippen LogP contribution in [0, 0.1) is 5.41 Å². The summed E-state index contributed by atoms with van der Waals surface area (Å²) in [5, 5.41) is 2.26. The molecule has 0 atom stereocenters. The van der Waals surface area contributed by atoms with E-state index in [9.17, 15) is 9.59 Å². The van der Waals surface area contributed by atoms with E-state index in [-0.39, 0.29) is 5.56 Å². The predicted octanol–water partition coefficient (Wildman–Crippen LogP) is 3.16. The lowest BCUT2D eigenvalue weighted by Crippen LogP contribution is -2.37. The second-order valence-corrected chi connectivity index (χ2v) is 6.29. The van der Waals surface area contributed by atoms with Gasteiger partial charge >= 0.3 is 5.97 Å². The minimum absolute atomic E-state index is 0.327. The Balaban J connectivity index is 2.35. The van der Waals surface area contributed by atoms with Gasteiger partial charge in [-0.1, -0.05) is 36.4 Å². The van der Waals surface area contributed by atoms with Crippen molar-refractivity contribution in [3.05, 3.63) is 58.9 Å². The Kier molecular flexibility index (Phi) is 3.24. The molecule has 0 saturated carbocycles. The first-order chi connectivity index (χ1) is 10.4. The molecule has 1 aromatic heterocycles. The molecule has 0 fully saturated rings. The number of nitrogens with zero attached hydrogens (tertiary/aromatic N) is 1.